The van der Waals surface area contributed by atoms with Gasteiger partial charge in [-0.25, -0.2) is 8.42 Å². The number of hydrogen-bond donors (Lipinski definition) is 1. The summed E-state index contributed by atoms with van der Waals surface area (Å²) in [6.45, 7) is 3.11. The van der Waals surface area contributed by atoms with Crippen molar-refractivity contribution < 1.29 is 18.0 Å². The molecule has 3 aromatic rings. The fourth-order valence-corrected chi connectivity index (χ4v) is 5.43. The maximum absolute atomic E-state index is 14.0. The van der Waals surface area contributed by atoms with Crippen molar-refractivity contribution in [2.75, 3.05) is 17.1 Å². The molecule has 0 unspecified atom stereocenters. The molecule has 0 bridgehead atoms. The summed E-state index contributed by atoms with van der Waals surface area (Å²) in [6, 6.07) is 19.6. The molecule has 0 spiro atoms. The lowest BCUT2D eigenvalue weighted by molar-refractivity contribution is -0.140. The molecule has 39 heavy (non-hydrogen) atoms. The Morgan fingerprint density at radius 1 is 0.872 bits per heavy atom. The number of halogens is 3. The molecule has 3 rings (SSSR count). The first-order valence-electron chi connectivity index (χ1n) is 12.2. The number of carbonyl (C=O) groups excluding carboxylic acids is 2. The summed E-state index contributed by atoms with van der Waals surface area (Å²) in [6.07, 6.45) is 1.20. The van der Waals surface area contributed by atoms with Crippen molar-refractivity contribution in [3.8, 4) is 0 Å². The summed E-state index contributed by atoms with van der Waals surface area (Å²) in [4.78, 5) is 28.9. The molecule has 1 N–H and O–H groups in total. The molecule has 7 nitrogen and oxygen atoms in total. The molecule has 0 aliphatic heterocycles. The highest BCUT2D eigenvalue weighted by atomic mass is 35.5. The number of anilines is 1. The Morgan fingerprint density at radius 3 is 2.10 bits per heavy atom. The van der Waals surface area contributed by atoms with Crippen LogP contribution in [0.4, 0.5) is 5.69 Å². The quantitative estimate of drug-likeness (QED) is 0.307. The van der Waals surface area contributed by atoms with E-state index in [1.165, 1.54) is 17.0 Å². The molecule has 0 saturated carbocycles. The molecule has 0 radical (unpaired) electrons. The van der Waals surface area contributed by atoms with E-state index < -0.39 is 28.5 Å². The van der Waals surface area contributed by atoms with Gasteiger partial charge in [0.1, 0.15) is 12.6 Å². The van der Waals surface area contributed by atoms with Gasteiger partial charge in [-0.05, 0) is 49.2 Å². The maximum atomic E-state index is 14.0. The highest BCUT2D eigenvalue weighted by Gasteiger charge is 2.33. The zero-order valence-corrected chi connectivity index (χ0v) is 24.9. The predicted octanol–water partition coefficient (Wildman–Crippen LogP) is 5.58. The molecule has 11 heteroatoms. The van der Waals surface area contributed by atoms with Gasteiger partial charge in [0.15, 0.2) is 0 Å². The third-order valence-corrected chi connectivity index (χ3v) is 8.03. The molecular formula is C28H30Cl3N3O4S. The van der Waals surface area contributed by atoms with Gasteiger partial charge in [0.05, 0.1) is 22.0 Å². The number of amides is 2. The van der Waals surface area contributed by atoms with E-state index in [0.717, 1.165) is 21.7 Å². The average Bonchev–Trinajstić information content (AvgIpc) is 2.87. The van der Waals surface area contributed by atoms with Gasteiger partial charge in [-0.1, -0.05) is 83.3 Å². The van der Waals surface area contributed by atoms with Gasteiger partial charge in [-0.15, -0.1) is 0 Å². The number of nitrogens with one attached hydrogen (secondary N) is 1. The van der Waals surface area contributed by atoms with Gasteiger partial charge in [0.2, 0.25) is 21.8 Å². The molecule has 0 aromatic heterocycles. The molecular weight excluding hydrogens is 581 g/mol. The topological polar surface area (TPSA) is 86.8 Å². The van der Waals surface area contributed by atoms with E-state index in [2.05, 4.69) is 5.32 Å². The van der Waals surface area contributed by atoms with E-state index >= 15 is 0 Å². The van der Waals surface area contributed by atoms with E-state index in [4.69, 9.17) is 34.8 Å². The molecule has 208 valence electrons. The number of hydrogen-bond acceptors (Lipinski definition) is 4. The molecule has 0 fully saturated rings. The molecule has 0 aliphatic rings. The summed E-state index contributed by atoms with van der Waals surface area (Å²) in [7, 11) is -3.96. The Morgan fingerprint density at radius 2 is 1.51 bits per heavy atom. The summed E-state index contributed by atoms with van der Waals surface area (Å²) in [5.41, 5.74) is 1.63. The minimum Gasteiger partial charge on any atom is -0.352 e. The average molecular weight is 611 g/mol. The highest BCUT2D eigenvalue weighted by Crippen LogP contribution is 2.34. The van der Waals surface area contributed by atoms with Crippen molar-refractivity contribution >= 4 is 62.3 Å². The van der Waals surface area contributed by atoms with Gasteiger partial charge >= 0.3 is 0 Å². The fourth-order valence-electron chi connectivity index (χ4n) is 4.00. The van der Waals surface area contributed by atoms with Crippen LogP contribution in [0.15, 0.2) is 72.8 Å². The fraction of sp³-hybridized carbons (Fsp3) is 0.286. The molecule has 0 aliphatic carbocycles. The Bertz CT molecular complexity index is 1400. The first kappa shape index (κ1) is 30.8. The predicted molar refractivity (Wildman–Crippen MR) is 158 cm³/mol. The lowest BCUT2D eigenvalue weighted by Crippen LogP contribution is -2.54. The van der Waals surface area contributed by atoms with Gasteiger partial charge in [-0.2, -0.15) is 0 Å². The van der Waals surface area contributed by atoms with Crippen molar-refractivity contribution in [1.29, 1.82) is 0 Å². The zero-order chi connectivity index (χ0) is 28.7. The number of rotatable bonds is 11. The van der Waals surface area contributed by atoms with Crippen LogP contribution < -0.4 is 9.62 Å². The number of sulfonamides is 1. The smallest absolute Gasteiger partial charge is 0.244 e. The van der Waals surface area contributed by atoms with Crippen molar-refractivity contribution in [2.24, 2.45) is 0 Å². The summed E-state index contributed by atoms with van der Waals surface area (Å²) in [5.74, 6) is -0.950. The Labute approximate surface area is 244 Å². The van der Waals surface area contributed by atoms with Crippen LogP contribution in [-0.4, -0.2) is 50.0 Å². The van der Waals surface area contributed by atoms with Crippen molar-refractivity contribution in [3.05, 3.63) is 99.0 Å². The zero-order valence-electron chi connectivity index (χ0n) is 21.8. The van der Waals surface area contributed by atoms with Crippen LogP contribution in [0.5, 0.6) is 0 Å². The molecule has 1 atom stereocenters. The summed E-state index contributed by atoms with van der Waals surface area (Å²) >= 11 is 18.5. The van der Waals surface area contributed by atoms with E-state index in [0.29, 0.717) is 5.02 Å². The minimum atomic E-state index is -3.96. The second kappa shape index (κ2) is 13.5. The first-order valence-corrected chi connectivity index (χ1v) is 15.1. The van der Waals surface area contributed by atoms with Crippen molar-refractivity contribution in [2.45, 2.75) is 38.9 Å². The van der Waals surface area contributed by atoms with Crippen LogP contribution in [-0.2, 0) is 32.6 Å². The molecule has 2 amide bonds. The Balaban J connectivity index is 2.07. The van der Waals surface area contributed by atoms with Crippen molar-refractivity contribution in [3.63, 3.8) is 0 Å². The maximum Gasteiger partial charge on any atom is 0.244 e. The number of benzene rings is 3. The lowest BCUT2D eigenvalue weighted by atomic mass is 10.0. The minimum absolute atomic E-state index is 0.0000271. The normalized spacial score (nSPS) is 12.2. The number of nitrogens with zero attached hydrogens (tertiary/aromatic N) is 2. The third-order valence-electron chi connectivity index (χ3n) is 5.85. The van der Waals surface area contributed by atoms with Gasteiger partial charge in [0.25, 0.3) is 0 Å². The van der Waals surface area contributed by atoms with Crippen molar-refractivity contribution in [1.82, 2.24) is 10.2 Å². The third kappa shape index (κ3) is 8.60. The molecule has 0 heterocycles. The van der Waals surface area contributed by atoms with Crippen LogP contribution in [0.2, 0.25) is 15.1 Å². The molecule has 0 saturated heterocycles. The lowest BCUT2D eigenvalue weighted by Gasteiger charge is -2.34. The monoisotopic (exact) mass is 609 g/mol. The van der Waals surface area contributed by atoms with Crippen LogP contribution in [0.25, 0.3) is 0 Å². The first-order chi connectivity index (χ1) is 18.4. The Kier molecular flexibility index (Phi) is 10.7. The Hall–Kier alpha value is -2.78. The summed E-state index contributed by atoms with van der Waals surface area (Å²) in [5, 5.41) is 3.57. The second-order valence-corrected chi connectivity index (χ2v) is 12.5. The highest BCUT2D eigenvalue weighted by molar-refractivity contribution is 7.92. The standard InChI is InChI=1S/C28H30Cl3N3O4S/c1-19(2)32-28(36)25(16-20-8-5-4-6-9-20)33(17-21-12-14-22(29)15-13-21)26(35)18-34(39(3,37)38)24-11-7-10-23(30)27(24)31/h4-15,19,25H,16-18H2,1-3H3,(H,32,36)/t25-/m0/s1. The van der Waals surface area contributed by atoms with Crippen LogP contribution in [0, 0.1) is 0 Å². The SMILES string of the molecule is CC(C)NC(=O)[C@H](Cc1ccccc1)N(Cc1ccc(Cl)cc1)C(=O)CN(c1cccc(Cl)c1Cl)S(C)(=O)=O. The van der Waals surface area contributed by atoms with Crippen LogP contribution in [0.3, 0.4) is 0 Å². The largest absolute Gasteiger partial charge is 0.352 e. The number of carbonyl (C=O) groups is 2. The van der Waals surface area contributed by atoms with Crippen LogP contribution >= 0.6 is 34.8 Å². The van der Waals surface area contributed by atoms with E-state index in [9.17, 15) is 18.0 Å². The van der Waals surface area contributed by atoms with E-state index in [1.807, 2.05) is 44.2 Å². The van der Waals surface area contributed by atoms with Crippen LogP contribution in [0.1, 0.15) is 25.0 Å². The van der Waals surface area contributed by atoms with Gasteiger partial charge in [0, 0.05) is 24.0 Å². The van der Waals surface area contributed by atoms with Gasteiger partial charge in [-0.3, -0.25) is 13.9 Å². The second-order valence-electron chi connectivity index (χ2n) is 9.36. The summed E-state index contributed by atoms with van der Waals surface area (Å²) < 4.78 is 26.6. The van der Waals surface area contributed by atoms with Gasteiger partial charge < -0.3 is 10.2 Å². The van der Waals surface area contributed by atoms with E-state index in [1.54, 1.807) is 30.3 Å². The molecule has 3 aromatic carbocycles. The van der Waals surface area contributed by atoms with E-state index in [-0.39, 0.29) is 40.6 Å².